The van der Waals surface area contributed by atoms with Gasteiger partial charge in [0.15, 0.2) is 10.1 Å². The van der Waals surface area contributed by atoms with Crippen LogP contribution >= 0.6 is 23.1 Å². The second kappa shape index (κ2) is 9.06. The lowest BCUT2D eigenvalue weighted by Crippen LogP contribution is -2.50. The zero-order valence-corrected chi connectivity index (χ0v) is 18.5. The van der Waals surface area contributed by atoms with E-state index in [0.29, 0.717) is 13.0 Å². The van der Waals surface area contributed by atoms with Crippen LogP contribution in [0, 0.1) is 13.8 Å². The highest BCUT2D eigenvalue weighted by molar-refractivity contribution is 8.01. The summed E-state index contributed by atoms with van der Waals surface area (Å²) >= 11 is 3.23. The van der Waals surface area contributed by atoms with Crippen molar-refractivity contribution in [3.63, 3.8) is 0 Å². The number of anilines is 1. The van der Waals surface area contributed by atoms with Gasteiger partial charge in [-0.15, -0.1) is 11.3 Å². The first-order valence-corrected chi connectivity index (χ1v) is 11.6. The summed E-state index contributed by atoms with van der Waals surface area (Å²) in [7, 11) is 0. The number of thiazole rings is 1. The van der Waals surface area contributed by atoms with Gasteiger partial charge >= 0.3 is 0 Å². The van der Waals surface area contributed by atoms with Crippen molar-refractivity contribution in [3.8, 4) is 0 Å². The number of nitrogens with one attached hydrogen (secondary N) is 1. The van der Waals surface area contributed by atoms with Gasteiger partial charge in [0.05, 0.1) is 6.26 Å². The van der Waals surface area contributed by atoms with E-state index >= 15 is 0 Å². The van der Waals surface area contributed by atoms with Gasteiger partial charge in [0, 0.05) is 28.2 Å². The fourth-order valence-electron chi connectivity index (χ4n) is 3.53. The van der Waals surface area contributed by atoms with Gasteiger partial charge in [-0.2, -0.15) is 0 Å². The Balaban J connectivity index is 1.46. The van der Waals surface area contributed by atoms with Crippen LogP contribution in [0.15, 0.2) is 55.6 Å². The molecule has 3 aromatic rings. The lowest BCUT2D eigenvalue weighted by Gasteiger charge is -2.34. The summed E-state index contributed by atoms with van der Waals surface area (Å²) in [5, 5.41) is 5.05. The standard InChI is InChI=1S/C22H23N3O3S2/c1-14-12-16(30-22-23-15(2)13-29-22)8-9-17(14)24-20(26)18-6-3-4-10-25(18)21(27)19-7-5-11-28-19/h5,7-9,11-13,18H,3-4,6,10H2,1-2H3,(H,24,26). The molecule has 1 N–H and O–H groups in total. The molecule has 0 aliphatic carbocycles. The second-order valence-electron chi connectivity index (χ2n) is 7.31. The third-order valence-electron chi connectivity index (χ3n) is 5.06. The number of hydrogen-bond acceptors (Lipinski definition) is 6. The van der Waals surface area contributed by atoms with E-state index in [4.69, 9.17) is 4.42 Å². The average Bonchev–Trinajstić information content (AvgIpc) is 3.41. The van der Waals surface area contributed by atoms with Gasteiger partial charge in [0.2, 0.25) is 5.91 Å². The third kappa shape index (κ3) is 4.60. The second-order valence-corrected chi connectivity index (χ2v) is 9.49. The molecule has 1 fully saturated rings. The van der Waals surface area contributed by atoms with Crippen LogP contribution in [0.2, 0.25) is 0 Å². The number of benzene rings is 1. The Bertz CT molecular complexity index is 1050. The molecule has 0 spiro atoms. The van der Waals surface area contributed by atoms with E-state index in [1.165, 1.54) is 6.26 Å². The Labute approximate surface area is 183 Å². The largest absolute Gasteiger partial charge is 0.459 e. The van der Waals surface area contributed by atoms with Gasteiger partial charge in [0.25, 0.3) is 5.91 Å². The summed E-state index contributed by atoms with van der Waals surface area (Å²) in [5.41, 5.74) is 2.75. The van der Waals surface area contributed by atoms with Crippen molar-refractivity contribution >= 4 is 40.6 Å². The highest BCUT2D eigenvalue weighted by Crippen LogP contribution is 2.32. The predicted molar refractivity (Wildman–Crippen MR) is 118 cm³/mol. The number of carbonyl (C=O) groups excluding carboxylic acids is 2. The van der Waals surface area contributed by atoms with E-state index in [1.54, 1.807) is 40.1 Å². The van der Waals surface area contributed by atoms with E-state index in [0.717, 1.165) is 39.0 Å². The molecule has 30 heavy (non-hydrogen) atoms. The van der Waals surface area contributed by atoms with Crippen LogP contribution < -0.4 is 5.32 Å². The Kier molecular flexibility index (Phi) is 6.24. The molecule has 8 heteroatoms. The number of furan rings is 1. The molecule has 0 saturated carbocycles. The minimum absolute atomic E-state index is 0.159. The maximum absolute atomic E-state index is 13.0. The summed E-state index contributed by atoms with van der Waals surface area (Å²) in [5.74, 6) is -0.125. The molecule has 1 aromatic carbocycles. The van der Waals surface area contributed by atoms with E-state index in [-0.39, 0.29) is 17.6 Å². The first kappa shape index (κ1) is 20.7. The fraction of sp³-hybridized carbons (Fsp3) is 0.318. The van der Waals surface area contributed by atoms with Gasteiger partial charge in [-0.1, -0.05) is 11.8 Å². The van der Waals surface area contributed by atoms with E-state index in [1.807, 2.05) is 37.4 Å². The highest BCUT2D eigenvalue weighted by Gasteiger charge is 2.33. The molecule has 1 saturated heterocycles. The zero-order chi connectivity index (χ0) is 21.1. The number of rotatable bonds is 5. The molecule has 2 aromatic heterocycles. The minimum atomic E-state index is -0.497. The summed E-state index contributed by atoms with van der Waals surface area (Å²) in [6.45, 7) is 4.51. The van der Waals surface area contributed by atoms with E-state index in [2.05, 4.69) is 10.3 Å². The Hall–Kier alpha value is -2.58. The molecule has 3 heterocycles. The molecule has 2 amide bonds. The fourth-order valence-corrected chi connectivity index (χ4v) is 5.43. The molecular weight excluding hydrogens is 418 g/mol. The summed E-state index contributed by atoms with van der Waals surface area (Å²) in [6.07, 6.45) is 3.93. The number of amides is 2. The Morgan fingerprint density at radius 2 is 2.13 bits per heavy atom. The normalized spacial score (nSPS) is 16.5. The Morgan fingerprint density at radius 1 is 1.27 bits per heavy atom. The first-order valence-electron chi connectivity index (χ1n) is 9.87. The minimum Gasteiger partial charge on any atom is -0.459 e. The van der Waals surface area contributed by atoms with Crippen molar-refractivity contribution in [1.29, 1.82) is 0 Å². The van der Waals surface area contributed by atoms with Crippen LogP contribution in [-0.4, -0.2) is 34.3 Å². The zero-order valence-electron chi connectivity index (χ0n) is 16.9. The van der Waals surface area contributed by atoms with Crippen molar-refractivity contribution in [3.05, 3.63) is 59.0 Å². The molecule has 1 aliphatic rings. The number of hydrogen-bond donors (Lipinski definition) is 1. The number of nitrogens with zero attached hydrogens (tertiary/aromatic N) is 2. The van der Waals surface area contributed by atoms with Crippen LogP contribution in [0.3, 0.4) is 0 Å². The summed E-state index contributed by atoms with van der Waals surface area (Å²) in [4.78, 5) is 33.0. The maximum atomic E-state index is 13.0. The molecular formula is C22H23N3O3S2. The van der Waals surface area contributed by atoms with Crippen molar-refractivity contribution in [2.45, 2.75) is 48.4 Å². The van der Waals surface area contributed by atoms with Gasteiger partial charge < -0.3 is 14.6 Å². The number of likely N-dealkylation sites (tertiary alicyclic amines) is 1. The molecule has 1 unspecified atom stereocenters. The van der Waals surface area contributed by atoms with E-state index in [9.17, 15) is 9.59 Å². The number of carbonyl (C=O) groups is 2. The Morgan fingerprint density at radius 3 is 2.83 bits per heavy atom. The number of aryl methyl sites for hydroxylation is 2. The van der Waals surface area contributed by atoms with Crippen LogP contribution in [-0.2, 0) is 4.79 Å². The number of piperidine rings is 1. The highest BCUT2D eigenvalue weighted by atomic mass is 32.2. The van der Waals surface area contributed by atoms with Crippen molar-refractivity contribution < 1.29 is 14.0 Å². The number of aromatic nitrogens is 1. The molecule has 0 radical (unpaired) electrons. The average molecular weight is 442 g/mol. The van der Waals surface area contributed by atoms with Crippen LogP contribution in [0.25, 0.3) is 0 Å². The molecule has 0 bridgehead atoms. The smallest absolute Gasteiger partial charge is 0.290 e. The van der Waals surface area contributed by atoms with Gasteiger partial charge in [0.1, 0.15) is 6.04 Å². The van der Waals surface area contributed by atoms with Gasteiger partial charge in [-0.05, 0) is 69.0 Å². The molecule has 1 atom stereocenters. The van der Waals surface area contributed by atoms with Crippen molar-refractivity contribution in [2.24, 2.45) is 0 Å². The van der Waals surface area contributed by atoms with Crippen molar-refractivity contribution in [2.75, 3.05) is 11.9 Å². The lowest BCUT2D eigenvalue weighted by molar-refractivity contribution is -0.121. The topological polar surface area (TPSA) is 75.4 Å². The third-order valence-corrected chi connectivity index (χ3v) is 7.10. The summed E-state index contributed by atoms with van der Waals surface area (Å²) in [6, 6.07) is 8.76. The van der Waals surface area contributed by atoms with Gasteiger partial charge in [-0.25, -0.2) is 4.98 Å². The maximum Gasteiger partial charge on any atom is 0.290 e. The monoisotopic (exact) mass is 441 g/mol. The van der Waals surface area contributed by atoms with Crippen molar-refractivity contribution in [1.82, 2.24) is 9.88 Å². The van der Waals surface area contributed by atoms with Crippen LogP contribution in [0.1, 0.15) is 41.1 Å². The quantitative estimate of drug-likeness (QED) is 0.593. The molecule has 1 aliphatic heterocycles. The predicted octanol–water partition coefficient (Wildman–Crippen LogP) is 5.14. The van der Waals surface area contributed by atoms with E-state index < -0.39 is 6.04 Å². The SMILES string of the molecule is Cc1csc(Sc2ccc(NC(=O)C3CCCCN3C(=O)c3ccco3)c(C)c2)n1. The van der Waals surface area contributed by atoms with Gasteiger partial charge in [-0.3, -0.25) is 9.59 Å². The molecule has 4 rings (SSSR count). The summed E-state index contributed by atoms with van der Waals surface area (Å²) < 4.78 is 6.25. The lowest BCUT2D eigenvalue weighted by atomic mass is 10.0. The van der Waals surface area contributed by atoms with Crippen LogP contribution in [0.5, 0.6) is 0 Å². The first-order chi connectivity index (χ1) is 14.5. The molecule has 156 valence electrons. The molecule has 6 nitrogen and oxygen atoms in total. The van der Waals surface area contributed by atoms with Crippen LogP contribution in [0.4, 0.5) is 5.69 Å².